The molecule has 1 aromatic rings. The van der Waals surface area contributed by atoms with Gasteiger partial charge in [-0.2, -0.15) is 8.78 Å². The molecule has 2 rings (SSSR count). The van der Waals surface area contributed by atoms with Crippen LogP contribution in [0.4, 0.5) is 8.78 Å². The minimum absolute atomic E-state index is 0.196. The molecular formula is C15H21F2NO2. The highest BCUT2D eigenvalue weighted by Gasteiger charge is 2.15. The third-order valence-electron chi connectivity index (χ3n) is 3.39. The van der Waals surface area contributed by atoms with Crippen molar-refractivity contribution >= 4 is 0 Å². The first-order chi connectivity index (χ1) is 9.63. The molecule has 0 N–H and O–H groups in total. The summed E-state index contributed by atoms with van der Waals surface area (Å²) in [7, 11) is 2.04. The summed E-state index contributed by atoms with van der Waals surface area (Å²) in [5.74, 6) is 0.196. The standard InChI is InChI=1S/C15H21F2NO2/c1-18(11-14-4-2-3-9-19-14)10-12-5-7-13(8-6-12)20-15(16)17/h5-8,14-15H,2-4,9-11H2,1H3/t14-/m1/s1. The average molecular weight is 285 g/mol. The van der Waals surface area contributed by atoms with Gasteiger partial charge in [0.05, 0.1) is 6.10 Å². The quantitative estimate of drug-likeness (QED) is 0.800. The molecule has 1 saturated heterocycles. The zero-order valence-electron chi connectivity index (χ0n) is 11.7. The summed E-state index contributed by atoms with van der Waals surface area (Å²) < 4.78 is 34.1. The Balaban J connectivity index is 1.79. The van der Waals surface area contributed by atoms with Gasteiger partial charge in [0.15, 0.2) is 0 Å². The molecule has 0 radical (unpaired) electrons. The number of halogens is 2. The van der Waals surface area contributed by atoms with Crippen molar-refractivity contribution in [3.63, 3.8) is 0 Å². The maximum atomic E-state index is 12.0. The van der Waals surface area contributed by atoms with Crippen LogP contribution in [0.25, 0.3) is 0 Å². The lowest BCUT2D eigenvalue weighted by Gasteiger charge is -2.27. The first-order valence-corrected chi connectivity index (χ1v) is 6.97. The van der Waals surface area contributed by atoms with Gasteiger partial charge in [-0.25, -0.2) is 0 Å². The molecule has 1 aliphatic heterocycles. The average Bonchev–Trinajstić information content (AvgIpc) is 2.41. The van der Waals surface area contributed by atoms with Crippen molar-refractivity contribution in [3.8, 4) is 5.75 Å². The summed E-state index contributed by atoms with van der Waals surface area (Å²) in [5, 5.41) is 0. The number of hydrogen-bond donors (Lipinski definition) is 0. The summed E-state index contributed by atoms with van der Waals surface area (Å²) in [4.78, 5) is 2.19. The molecule has 112 valence electrons. The SMILES string of the molecule is CN(Cc1ccc(OC(F)F)cc1)C[C@H]1CCCCO1. The van der Waals surface area contributed by atoms with Crippen LogP contribution in [0.1, 0.15) is 24.8 Å². The van der Waals surface area contributed by atoms with E-state index in [4.69, 9.17) is 4.74 Å². The van der Waals surface area contributed by atoms with E-state index in [1.807, 2.05) is 19.2 Å². The second-order valence-electron chi connectivity index (χ2n) is 5.21. The lowest BCUT2D eigenvalue weighted by Crippen LogP contribution is -2.33. The molecule has 3 nitrogen and oxygen atoms in total. The largest absolute Gasteiger partial charge is 0.435 e. The van der Waals surface area contributed by atoms with Crippen molar-refractivity contribution in [2.45, 2.75) is 38.5 Å². The fraction of sp³-hybridized carbons (Fsp3) is 0.600. The highest BCUT2D eigenvalue weighted by molar-refractivity contribution is 5.27. The maximum Gasteiger partial charge on any atom is 0.387 e. The van der Waals surface area contributed by atoms with Gasteiger partial charge in [-0.3, -0.25) is 4.90 Å². The van der Waals surface area contributed by atoms with Gasteiger partial charge in [-0.05, 0) is 44.0 Å². The number of nitrogens with zero attached hydrogens (tertiary/aromatic N) is 1. The van der Waals surface area contributed by atoms with Gasteiger partial charge in [0, 0.05) is 19.7 Å². The second kappa shape index (κ2) is 7.55. The van der Waals surface area contributed by atoms with Crippen molar-refractivity contribution in [1.29, 1.82) is 0 Å². The summed E-state index contributed by atoms with van der Waals surface area (Å²) in [5.41, 5.74) is 1.07. The molecular weight excluding hydrogens is 264 g/mol. The van der Waals surface area contributed by atoms with Gasteiger partial charge in [0.25, 0.3) is 0 Å². The normalized spacial score (nSPS) is 19.6. The summed E-state index contributed by atoms with van der Waals surface area (Å²) >= 11 is 0. The number of ether oxygens (including phenoxy) is 2. The summed E-state index contributed by atoms with van der Waals surface area (Å²) in [6.07, 6.45) is 3.82. The smallest absolute Gasteiger partial charge is 0.387 e. The zero-order valence-corrected chi connectivity index (χ0v) is 11.7. The Morgan fingerprint density at radius 3 is 2.65 bits per heavy atom. The van der Waals surface area contributed by atoms with Crippen LogP contribution < -0.4 is 4.74 Å². The fourth-order valence-electron chi connectivity index (χ4n) is 2.45. The molecule has 5 heteroatoms. The Morgan fingerprint density at radius 2 is 2.05 bits per heavy atom. The maximum absolute atomic E-state index is 12.0. The van der Waals surface area contributed by atoms with E-state index in [-0.39, 0.29) is 5.75 Å². The molecule has 1 aliphatic rings. The lowest BCUT2D eigenvalue weighted by molar-refractivity contribution is -0.0498. The Hall–Kier alpha value is -1.20. The highest BCUT2D eigenvalue weighted by Crippen LogP contribution is 2.17. The van der Waals surface area contributed by atoms with Crippen LogP contribution in [0.2, 0.25) is 0 Å². The van der Waals surface area contributed by atoms with E-state index in [9.17, 15) is 8.78 Å². The van der Waals surface area contributed by atoms with Gasteiger partial charge in [-0.1, -0.05) is 12.1 Å². The van der Waals surface area contributed by atoms with E-state index >= 15 is 0 Å². The van der Waals surface area contributed by atoms with E-state index in [1.54, 1.807) is 12.1 Å². The van der Waals surface area contributed by atoms with Gasteiger partial charge < -0.3 is 9.47 Å². The number of benzene rings is 1. The van der Waals surface area contributed by atoms with Crippen LogP contribution in [-0.2, 0) is 11.3 Å². The molecule has 0 spiro atoms. The van der Waals surface area contributed by atoms with Crippen molar-refractivity contribution in [2.24, 2.45) is 0 Å². The van der Waals surface area contributed by atoms with E-state index in [0.29, 0.717) is 6.10 Å². The molecule has 1 aromatic carbocycles. The van der Waals surface area contributed by atoms with Crippen molar-refractivity contribution in [1.82, 2.24) is 4.90 Å². The van der Waals surface area contributed by atoms with Gasteiger partial charge >= 0.3 is 6.61 Å². The van der Waals surface area contributed by atoms with Crippen LogP contribution in [0.5, 0.6) is 5.75 Å². The minimum atomic E-state index is -2.77. The van der Waals surface area contributed by atoms with Crippen molar-refractivity contribution < 1.29 is 18.3 Å². The molecule has 1 atom stereocenters. The molecule has 0 bridgehead atoms. The molecule has 20 heavy (non-hydrogen) atoms. The Kier molecular flexibility index (Phi) is 5.73. The van der Waals surface area contributed by atoms with E-state index in [2.05, 4.69) is 9.64 Å². The monoisotopic (exact) mass is 285 g/mol. The summed E-state index contributed by atoms with van der Waals surface area (Å²) in [6, 6.07) is 6.78. The fourth-order valence-corrected chi connectivity index (χ4v) is 2.45. The molecule has 0 amide bonds. The zero-order chi connectivity index (χ0) is 14.4. The molecule has 0 saturated carbocycles. The molecule has 1 heterocycles. The Labute approximate surface area is 118 Å². The molecule has 0 aromatic heterocycles. The number of rotatable bonds is 6. The van der Waals surface area contributed by atoms with Gasteiger partial charge in [0.2, 0.25) is 0 Å². The molecule has 0 aliphatic carbocycles. The third kappa shape index (κ3) is 5.06. The topological polar surface area (TPSA) is 21.7 Å². The second-order valence-corrected chi connectivity index (χ2v) is 5.21. The van der Waals surface area contributed by atoms with Crippen LogP contribution in [0.15, 0.2) is 24.3 Å². The lowest BCUT2D eigenvalue weighted by atomic mass is 10.1. The predicted molar refractivity (Wildman–Crippen MR) is 73.0 cm³/mol. The Morgan fingerprint density at radius 1 is 1.30 bits per heavy atom. The first-order valence-electron chi connectivity index (χ1n) is 6.97. The van der Waals surface area contributed by atoms with E-state index < -0.39 is 6.61 Å². The van der Waals surface area contributed by atoms with E-state index in [1.165, 1.54) is 6.42 Å². The van der Waals surface area contributed by atoms with Crippen LogP contribution >= 0.6 is 0 Å². The predicted octanol–water partition coefficient (Wildman–Crippen LogP) is 3.29. The molecule has 1 fully saturated rings. The first kappa shape index (κ1) is 15.2. The third-order valence-corrected chi connectivity index (χ3v) is 3.39. The number of alkyl halides is 2. The van der Waals surface area contributed by atoms with Crippen LogP contribution in [0, 0.1) is 0 Å². The number of hydrogen-bond acceptors (Lipinski definition) is 3. The van der Waals surface area contributed by atoms with E-state index in [0.717, 1.165) is 38.1 Å². The molecule has 0 unspecified atom stereocenters. The van der Waals surface area contributed by atoms with Crippen molar-refractivity contribution in [2.75, 3.05) is 20.2 Å². The van der Waals surface area contributed by atoms with Crippen LogP contribution in [-0.4, -0.2) is 37.8 Å². The van der Waals surface area contributed by atoms with Crippen LogP contribution in [0.3, 0.4) is 0 Å². The highest BCUT2D eigenvalue weighted by atomic mass is 19.3. The van der Waals surface area contributed by atoms with Gasteiger partial charge in [0.1, 0.15) is 5.75 Å². The minimum Gasteiger partial charge on any atom is -0.435 e. The van der Waals surface area contributed by atoms with Crippen molar-refractivity contribution in [3.05, 3.63) is 29.8 Å². The summed E-state index contributed by atoms with van der Waals surface area (Å²) in [6.45, 7) is -0.241. The van der Waals surface area contributed by atoms with Gasteiger partial charge in [-0.15, -0.1) is 0 Å². The Bertz CT molecular complexity index is 391. The number of likely N-dealkylation sites (N-methyl/N-ethyl adjacent to an activating group) is 1.